The van der Waals surface area contributed by atoms with Gasteiger partial charge in [-0.15, -0.1) is 0 Å². The van der Waals surface area contributed by atoms with Gasteiger partial charge in [0, 0.05) is 38.8 Å². The topological polar surface area (TPSA) is 85.8 Å². The summed E-state index contributed by atoms with van der Waals surface area (Å²) in [6.45, 7) is 3.95. The second kappa shape index (κ2) is 9.75. The molecule has 1 saturated heterocycles. The Morgan fingerprint density at radius 1 is 1.28 bits per heavy atom. The van der Waals surface area contributed by atoms with Gasteiger partial charge in [0.15, 0.2) is 5.96 Å². The maximum Gasteiger partial charge on any atom is 0.234 e. The average molecular weight is 426 g/mol. The van der Waals surface area contributed by atoms with E-state index in [1.807, 2.05) is 0 Å². The lowest BCUT2D eigenvalue weighted by Gasteiger charge is -2.24. The third kappa shape index (κ3) is 6.30. The highest BCUT2D eigenvalue weighted by atomic mass is 32.2. The number of aryl methyl sites for hydroxylation is 1. The van der Waals surface area contributed by atoms with Crippen LogP contribution < -0.4 is 15.4 Å². The number of hydrogen-bond donors (Lipinski definition) is 3. The van der Waals surface area contributed by atoms with Gasteiger partial charge < -0.3 is 10.6 Å². The number of likely N-dealkylation sites (tertiary alicyclic amines) is 1. The van der Waals surface area contributed by atoms with Crippen molar-refractivity contribution in [3.63, 3.8) is 0 Å². The number of sulfonamides is 1. The minimum absolute atomic E-state index is 0.137. The van der Waals surface area contributed by atoms with E-state index < -0.39 is 15.8 Å². The first-order chi connectivity index (χ1) is 13.9. The molecule has 3 N–H and O–H groups in total. The van der Waals surface area contributed by atoms with Crippen LogP contribution in [0.25, 0.3) is 0 Å². The van der Waals surface area contributed by atoms with Gasteiger partial charge in [0.25, 0.3) is 0 Å². The maximum absolute atomic E-state index is 13.6. The smallest absolute Gasteiger partial charge is 0.234 e. The fourth-order valence-electron chi connectivity index (χ4n) is 4.08. The molecular weight excluding hydrogens is 393 g/mol. The van der Waals surface area contributed by atoms with Crippen LogP contribution in [-0.4, -0.2) is 63.8 Å². The molecule has 3 rings (SSSR count). The van der Waals surface area contributed by atoms with Crippen LogP contribution in [0, 0.1) is 12.7 Å². The first kappa shape index (κ1) is 21.8. The van der Waals surface area contributed by atoms with Crippen molar-refractivity contribution in [3.8, 4) is 0 Å². The summed E-state index contributed by atoms with van der Waals surface area (Å²) in [6, 6.07) is 5.34. The van der Waals surface area contributed by atoms with Crippen molar-refractivity contribution in [2.24, 2.45) is 4.99 Å². The second-order valence-electron chi connectivity index (χ2n) is 7.95. The Morgan fingerprint density at radius 2 is 2.03 bits per heavy atom. The summed E-state index contributed by atoms with van der Waals surface area (Å²) < 4.78 is 40.5. The molecule has 0 aromatic heterocycles. The number of nitrogens with zero attached hydrogens (tertiary/aromatic N) is 2. The number of nitrogens with one attached hydrogen (secondary N) is 3. The van der Waals surface area contributed by atoms with E-state index in [0.29, 0.717) is 17.6 Å². The molecule has 1 aromatic rings. The van der Waals surface area contributed by atoms with Crippen LogP contribution in [-0.2, 0) is 10.0 Å². The number of anilines is 1. The molecule has 7 nitrogen and oxygen atoms in total. The van der Waals surface area contributed by atoms with Crippen molar-refractivity contribution in [2.75, 3.05) is 37.2 Å². The highest BCUT2D eigenvalue weighted by Gasteiger charge is 2.30. The molecule has 9 heteroatoms. The van der Waals surface area contributed by atoms with Crippen molar-refractivity contribution < 1.29 is 12.8 Å². The lowest BCUT2D eigenvalue weighted by atomic mass is 10.2. The first-order valence-electron chi connectivity index (χ1n) is 10.3. The fourth-order valence-corrected chi connectivity index (χ4v) is 5.04. The van der Waals surface area contributed by atoms with Gasteiger partial charge in [-0.1, -0.05) is 18.9 Å². The molecule has 2 aliphatic rings. The Kier molecular flexibility index (Phi) is 7.34. The van der Waals surface area contributed by atoms with E-state index in [1.165, 1.54) is 31.7 Å². The molecule has 1 aliphatic heterocycles. The largest absolute Gasteiger partial charge is 0.355 e. The molecule has 1 unspecified atom stereocenters. The molecule has 1 saturated carbocycles. The summed E-state index contributed by atoms with van der Waals surface area (Å²) in [5, 5.41) is 6.47. The van der Waals surface area contributed by atoms with Crippen molar-refractivity contribution in [2.45, 2.75) is 51.1 Å². The molecule has 1 aliphatic carbocycles. The second-order valence-corrected chi connectivity index (χ2v) is 9.79. The third-order valence-electron chi connectivity index (χ3n) is 5.73. The van der Waals surface area contributed by atoms with Crippen molar-refractivity contribution in [1.29, 1.82) is 0 Å². The van der Waals surface area contributed by atoms with E-state index in [0.717, 1.165) is 25.6 Å². The van der Waals surface area contributed by atoms with Gasteiger partial charge in [0.1, 0.15) is 5.82 Å². The Hall–Kier alpha value is -1.87. The minimum Gasteiger partial charge on any atom is -0.355 e. The zero-order valence-electron chi connectivity index (χ0n) is 17.2. The van der Waals surface area contributed by atoms with Gasteiger partial charge in [-0.2, -0.15) is 0 Å². The van der Waals surface area contributed by atoms with Gasteiger partial charge >= 0.3 is 0 Å². The zero-order valence-corrected chi connectivity index (χ0v) is 18.1. The van der Waals surface area contributed by atoms with Gasteiger partial charge in [-0.3, -0.25) is 14.6 Å². The van der Waals surface area contributed by atoms with E-state index >= 15 is 0 Å². The van der Waals surface area contributed by atoms with Gasteiger partial charge in [-0.05, 0) is 43.9 Å². The van der Waals surface area contributed by atoms with E-state index in [-0.39, 0.29) is 18.0 Å². The molecule has 29 heavy (non-hydrogen) atoms. The lowest BCUT2D eigenvalue weighted by molar-refractivity contribution is 0.242. The first-order valence-corrected chi connectivity index (χ1v) is 12.0. The maximum atomic E-state index is 13.6. The predicted octanol–water partition coefficient (Wildman–Crippen LogP) is 2.06. The van der Waals surface area contributed by atoms with Crippen molar-refractivity contribution >= 4 is 21.7 Å². The molecule has 2 fully saturated rings. The summed E-state index contributed by atoms with van der Waals surface area (Å²) in [4.78, 5) is 6.77. The van der Waals surface area contributed by atoms with Crippen LogP contribution in [0.4, 0.5) is 10.1 Å². The normalized spacial score (nSPS) is 21.5. The van der Waals surface area contributed by atoms with Crippen LogP contribution in [0.2, 0.25) is 0 Å². The SMILES string of the molecule is CN=C(NCCS(=O)(=O)Nc1ccc(C)c(F)c1)NC1CCN(C2CCCC2)C1. The molecule has 1 atom stereocenters. The Labute approximate surface area is 173 Å². The summed E-state index contributed by atoms with van der Waals surface area (Å²) in [5.41, 5.74) is 0.705. The number of benzene rings is 1. The summed E-state index contributed by atoms with van der Waals surface area (Å²) >= 11 is 0. The number of halogens is 1. The number of hydrogen-bond acceptors (Lipinski definition) is 4. The molecule has 0 amide bonds. The number of guanidine groups is 1. The zero-order chi connectivity index (χ0) is 20.9. The van der Waals surface area contributed by atoms with Crippen LogP contribution in [0.1, 0.15) is 37.7 Å². The van der Waals surface area contributed by atoms with Crippen molar-refractivity contribution in [1.82, 2.24) is 15.5 Å². The summed E-state index contributed by atoms with van der Waals surface area (Å²) in [6.07, 6.45) is 6.33. The Morgan fingerprint density at radius 3 is 2.72 bits per heavy atom. The standard InChI is InChI=1S/C20H32FN5O2S/c1-15-7-8-16(13-19(15)21)25-29(27,28)12-10-23-20(22-2)24-17-9-11-26(14-17)18-5-3-4-6-18/h7-8,13,17-18,25H,3-6,9-12,14H2,1-2H3,(H2,22,23,24). The van der Waals surface area contributed by atoms with Crippen LogP contribution in [0.3, 0.4) is 0 Å². The Balaban J connectivity index is 1.42. The van der Waals surface area contributed by atoms with Gasteiger partial charge in [-0.25, -0.2) is 12.8 Å². The van der Waals surface area contributed by atoms with Crippen molar-refractivity contribution in [3.05, 3.63) is 29.6 Å². The van der Waals surface area contributed by atoms with Gasteiger partial charge in [0.2, 0.25) is 10.0 Å². The summed E-state index contributed by atoms with van der Waals surface area (Å²) in [7, 11) is -1.90. The van der Waals surface area contributed by atoms with E-state index in [1.54, 1.807) is 26.1 Å². The molecular formula is C20H32FN5O2S. The van der Waals surface area contributed by atoms with Crippen LogP contribution in [0.5, 0.6) is 0 Å². The van der Waals surface area contributed by atoms with E-state index in [9.17, 15) is 12.8 Å². The van der Waals surface area contributed by atoms with E-state index in [2.05, 4.69) is 25.2 Å². The predicted molar refractivity (Wildman–Crippen MR) is 115 cm³/mol. The number of aliphatic imine (C=N–C) groups is 1. The molecule has 162 valence electrons. The van der Waals surface area contributed by atoms with Gasteiger partial charge in [0.05, 0.1) is 11.4 Å². The highest BCUT2D eigenvalue weighted by Crippen LogP contribution is 2.26. The molecule has 1 aromatic carbocycles. The molecule has 0 bridgehead atoms. The quantitative estimate of drug-likeness (QED) is 0.460. The third-order valence-corrected chi connectivity index (χ3v) is 7.02. The van der Waals surface area contributed by atoms with E-state index in [4.69, 9.17) is 0 Å². The highest BCUT2D eigenvalue weighted by molar-refractivity contribution is 7.92. The molecule has 0 radical (unpaired) electrons. The minimum atomic E-state index is -3.59. The lowest BCUT2D eigenvalue weighted by Crippen LogP contribution is -2.46. The van der Waals surface area contributed by atoms with Crippen LogP contribution >= 0.6 is 0 Å². The molecule has 1 heterocycles. The summed E-state index contributed by atoms with van der Waals surface area (Å²) in [5.74, 6) is 0.0400. The van der Waals surface area contributed by atoms with Crippen LogP contribution in [0.15, 0.2) is 23.2 Å². The fraction of sp³-hybridized carbons (Fsp3) is 0.650. The monoisotopic (exact) mass is 425 g/mol. The number of rotatable bonds is 7. The molecule has 0 spiro atoms. The Bertz CT molecular complexity index is 824. The average Bonchev–Trinajstić information content (AvgIpc) is 3.35.